The summed E-state index contributed by atoms with van der Waals surface area (Å²) in [5.41, 5.74) is 1.18. The highest BCUT2D eigenvalue weighted by atomic mass is 16.5. The molecule has 0 bridgehead atoms. The highest BCUT2D eigenvalue weighted by molar-refractivity contribution is 5.98. The minimum Gasteiger partial charge on any atom is -0.464 e. The Bertz CT molecular complexity index is 834. The summed E-state index contributed by atoms with van der Waals surface area (Å²) in [7, 11) is 0. The second-order valence-electron chi connectivity index (χ2n) is 7.25. The van der Waals surface area contributed by atoms with E-state index in [2.05, 4.69) is 5.32 Å². The zero-order chi connectivity index (χ0) is 18.8. The second-order valence-corrected chi connectivity index (χ2v) is 7.25. The summed E-state index contributed by atoms with van der Waals surface area (Å²) >= 11 is 0. The van der Waals surface area contributed by atoms with Crippen molar-refractivity contribution in [2.24, 2.45) is 0 Å². The Morgan fingerprint density at radius 2 is 2.04 bits per heavy atom. The van der Waals surface area contributed by atoms with E-state index in [1.54, 1.807) is 24.3 Å². The van der Waals surface area contributed by atoms with E-state index in [0.29, 0.717) is 24.4 Å². The first-order valence-electron chi connectivity index (χ1n) is 9.49. The lowest BCUT2D eigenvalue weighted by atomic mass is 10.1. The Morgan fingerprint density at radius 3 is 2.70 bits per heavy atom. The molecule has 0 radical (unpaired) electrons. The van der Waals surface area contributed by atoms with Crippen LogP contribution in [0.4, 0.5) is 5.69 Å². The molecule has 142 valence electrons. The largest absolute Gasteiger partial charge is 0.464 e. The van der Waals surface area contributed by atoms with E-state index in [1.807, 2.05) is 24.0 Å². The predicted molar refractivity (Wildman–Crippen MR) is 100 cm³/mol. The third kappa shape index (κ3) is 4.22. The van der Waals surface area contributed by atoms with Crippen LogP contribution in [0.5, 0.6) is 0 Å². The fraction of sp³-hybridized carbons (Fsp3) is 0.429. The maximum absolute atomic E-state index is 13.1. The Kier molecular flexibility index (Phi) is 4.99. The van der Waals surface area contributed by atoms with E-state index >= 15 is 0 Å². The van der Waals surface area contributed by atoms with Crippen LogP contribution in [-0.4, -0.2) is 35.5 Å². The van der Waals surface area contributed by atoms with Gasteiger partial charge in [-0.05, 0) is 62.9 Å². The molecule has 2 amide bonds. The van der Waals surface area contributed by atoms with Gasteiger partial charge in [0.15, 0.2) is 0 Å². The van der Waals surface area contributed by atoms with Gasteiger partial charge in [-0.2, -0.15) is 0 Å². The van der Waals surface area contributed by atoms with Crippen LogP contribution in [0, 0.1) is 6.92 Å². The highest BCUT2D eigenvalue weighted by Gasteiger charge is 2.34. The zero-order valence-electron chi connectivity index (χ0n) is 15.4. The number of nitrogens with one attached hydrogen (secondary N) is 1. The monoisotopic (exact) mass is 368 g/mol. The summed E-state index contributed by atoms with van der Waals surface area (Å²) < 4.78 is 11.1. The number of aryl methyl sites for hydroxylation is 1. The van der Waals surface area contributed by atoms with E-state index < -0.39 is 6.10 Å². The Balaban J connectivity index is 1.47. The van der Waals surface area contributed by atoms with E-state index in [1.165, 1.54) is 0 Å². The van der Waals surface area contributed by atoms with Crippen LogP contribution in [0.3, 0.4) is 0 Å². The summed E-state index contributed by atoms with van der Waals surface area (Å²) in [6, 6.07) is 11.2. The quantitative estimate of drug-likeness (QED) is 0.847. The molecule has 0 unspecified atom stereocenters. The van der Waals surface area contributed by atoms with Crippen molar-refractivity contribution in [3.8, 4) is 0 Å². The van der Waals surface area contributed by atoms with Gasteiger partial charge in [0.2, 0.25) is 0 Å². The lowest BCUT2D eigenvalue weighted by Gasteiger charge is -2.22. The predicted octanol–water partition coefficient (Wildman–Crippen LogP) is 3.51. The molecule has 0 spiro atoms. The maximum atomic E-state index is 13.1. The minimum absolute atomic E-state index is 0.0419. The number of ether oxygens (including phenoxy) is 1. The average molecular weight is 368 g/mol. The Morgan fingerprint density at radius 1 is 1.19 bits per heavy atom. The van der Waals surface area contributed by atoms with E-state index in [9.17, 15) is 9.59 Å². The van der Waals surface area contributed by atoms with Crippen LogP contribution >= 0.6 is 0 Å². The number of rotatable bonds is 6. The van der Waals surface area contributed by atoms with Crippen LogP contribution < -0.4 is 5.32 Å². The number of carbonyl (C=O) groups excluding carboxylic acids is 2. The number of hydrogen-bond donors (Lipinski definition) is 1. The summed E-state index contributed by atoms with van der Waals surface area (Å²) in [6.45, 7) is 2.98. The van der Waals surface area contributed by atoms with Gasteiger partial charge in [0, 0.05) is 23.9 Å². The topological polar surface area (TPSA) is 71.8 Å². The van der Waals surface area contributed by atoms with Crippen molar-refractivity contribution in [1.29, 1.82) is 0 Å². The smallest absolute Gasteiger partial charge is 0.254 e. The van der Waals surface area contributed by atoms with Gasteiger partial charge in [0.25, 0.3) is 11.8 Å². The van der Waals surface area contributed by atoms with E-state index in [-0.39, 0.29) is 17.9 Å². The van der Waals surface area contributed by atoms with Crippen molar-refractivity contribution in [2.75, 3.05) is 11.9 Å². The van der Waals surface area contributed by atoms with E-state index in [0.717, 1.165) is 37.2 Å². The number of benzene rings is 1. The van der Waals surface area contributed by atoms with Crippen LogP contribution in [0.25, 0.3) is 0 Å². The lowest BCUT2D eigenvalue weighted by molar-refractivity contribution is -0.124. The molecule has 1 saturated heterocycles. The third-order valence-corrected chi connectivity index (χ3v) is 4.97. The molecule has 2 fully saturated rings. The molecule has 1 aliphatic carbocycles. The van der Waals surface area contributed by atoms with Crippen LogP contribution in [0.2, 0.25) is 0 Å². The first-order chi connectivity index (χ1) is 13.1. The van der Waals surface area contributed by atoms with Gasteiger partial charge in [0.1, 0.15) is 17.6 Å². The first kappa shape index (κ1) is 17.8. The molecule has 6 nitrogen and oxygen atoms in total. The average Bonchev–Trinajstić information content (AvgIpc) is 3.18. The van der Waals surface area contributed by atoms with Crippen molar-refractivity contribution < 1.29 is 18.7 Å². The van der Waals surface area contributed by atoms with Gasteiger partial charge in [-0.3, -0.25) is 9.59 Å². The summed E-state index contributed by atoms with van der Waals surface area (Å²) in [6.07, 6.45) is 3.28. The van der Waals surface area contributed by atoms with Gasteiger partial charge in [-0.15, -0.1) is 0 Å². The molecule has 1 aromatic carbocycles. The Hall–Kier alpha value is -2.60. The number of furan rings is 1. The fourth-order valence-corrected chi connectivity index (χ4v) is 3.39. The molecule has 4 rings (SSSR count). The molecule has 1 atom stereocenters. The normalized spacial score (nSPS) is 19.1. The molecule has 1 saturated carbocycles. The standard InChI is InChI=1S/C21H24N2O4/c1-14-7-10-18(27-14)13-23(17-8-9-17)21(25)15-4-2-5-16(12-15)22-20(24)19-6-3-11-26-19/h2,4-5,7,10,12,17,19H,3,6,8-9,11,13H2,1H3,(H,22,24)/t19-/m0/s1. The van der Waals surface area contributed by atoms with Crippen molar-refractivity contribution >= 4 is 17.5 Å². The minimum atomic E-state index is -0.394. The molecule has 1 aromatic heterocycles. The van der Waals surface area contributed by atoms with Crippen molar-refractivity contribution in [1.82, 2.24) is 4.90 Å². The molecule has 6 heteroatoms. The molecular weight excluding hydrogens is 344 g/mol. The molecule has 1 aliphatic heterocycles. The summed E-state index contributed by atoms with van der Waals surface area (Å²) in [5, 5.41) is 2.86. The number of hydrogen-bond acceptors (Lipinski definition) is 4. The molecule has 1 N–H and O–H groups in total. The van der Waals surface area contributed by atoms with Gasteiger partial charge >= 0.3 is 0 Å². The SMILES string of the molecule is Cc1ccc(CN(C(=O)c2cccc(NC(=O)[C@@H]3CCCO3)c2)C2CC2)o1. The van der Waals surface area contributed by atoms with Crippen LogP contribution in [0.15, 0.2) is 40.8 Å². The van der Waals surface area contributed by atoms with Gasteiger partial charge in [0.05, 0.1) is 6.54 Å². The van der Waals surface area contributed by atoms with Gasteiger partial charge in [-0.25, -0.2) is 0 Å². The molecular formula is C21H24N2O4. The van der Waals surface area contributed by atoms with Gasteiger partial charge in [-0.1, -0.05) is 6.07 Å². The lowest BCUT2D eigenvalue weighted by Crippen LogP contribution is -2.32. The number of nitrogens with zero attached hydrogens (tertiary/aromatic N) is 1. The fourth-order valence-electron chi connectivity index (χ4n) is 3.39. The number of carbonyl (C=O) groups is 2. The van der Waals surface area contributed by atoms with Crippen molar-refractivity contribution in [3.63, 3.8) is 0 Å². The second kappa shape index (κ2) is 7.56. The molecule has 2 aliphatic rings. The summed E-state index contributed by atoms with van der Waals surface area (Å²) in [5.74, 6) is 1.43. The van der Waals surface area contributed by atoms with E-state index in [4.69, 9.17) is 9.15 Å². The van der Waals surface area contributed by atoms with Crippen LogP contribution in [0.1, 0.15) is 47.6 Å². The first-order valence-corrected chi connectivity index (χ1v) is 9.49. The summed E-state index contributed by atoms with van der Waals surface area (Å²) in [4.78, 5) is 27.2. The molecule has 2 heterocycles. The van der Waals surface area contributed by atoms with Crippen molar-refractivity contribution in [2.45, 2.75) is 51.3 Å². The molecule has 2 aromatic rings. The Labute approximate surface area is 158 Å². The zero-order valence-corrected chi connectivity index (χ0v) is 15.4. The molecule has 27 heavy (non-hydrogen) atoms. The maximum Gasteiger partial charge on any atom is 0.254 e. The van der Waals surface area contributed by atoms with Crippen molar-refractivity contribution in [3.05, 3.63) is 53.5 Å². The number of amides is 2. The highest BCUT2D eigenvalue weighted by Crippen LogP contribution is 2.30. The number of anilines is 1. The van der Waals surface area contributed by atoms with Gasteiger partial charge < -0.3 is 19.4 Å². The van der Waals surface area contributed by atoms with Crippen LogP contribution in [-0.2, 0) is 16.1 Å². The third-order valence-electron chi connectivity index (χ3n) is 4.97.